The van der Waals surface area contributed by atoms with Crippen molar-refractivity contribution in [3.05, 3.63) is 78.4 Å². The molecule has 1 aromatic heterocycles. The Morgan fingerprint density at radius 3 is 2.56 bits per heavy atom. The van der Waals surface area contributed by atoms with E-state index in [0.29, 0.717) is 28.0 Å². The maximum Gasteiger partial charge on any atom is 0.234 e. The summed E-state index contributed by atoms with van der Waals surface area (Å²) in [5.74, 6) is 1.87. The van der Waals surface area contributed by atoms with E-state index in [1.807, 2.05) is 53.1 Å². The summed E-state index contributed by atoms with van der Waals surface area (Å²) in [5.41, 5.74) is 2.64. The fourth-order valence-corrected chi connectivity index (χ4v) is 4.08. The fourth-order valence-electron chi connectivity index (χ4n) is 3.32. The second kappa shape index (κ2) is 10.6. The molecule has 0 atom stereocenters. The second-order valence-corrected chi connectivity index (χ2v) is 8.01. The number of anilines is 1. The number of hydrogen-bond acceptors (Lipinski definition) is 7. The predicted molar refractivity (Wildman–Crippen MR) is 130 cm³/mol. The highest BCUT2D eigenvalue weighted by Gasteiger charge is 2.20. The Morgan fingerprint density at radius 2 is 1.82 bits per heavy atom. The van der Waals surface area contributed by atoms with Crippen molar-refractivity contribution in [3.63, 3.8) is 0 Å². The minimum absolute atomic E-state index is 0.108. The third-order valence-electron chi connectivity index (χ3n) is 4.92. The Morgan fingerprint density at radius 1 is 1.03 bits per heavy atom. The lowest BCUT2D eigenvalue weighted by Crippen LogP contribution is -2.14. The minimum Gasteiger partial charge on any atom is -0.497 e. The van der Waals surface area contributed by atoms with Crippen LogP contribution in [0.2, 0.25) is 0 Å². The van der Waals surface area contributed by atoms with Crippen LogP contribution in [0.4, 0.5) is 5.69 Å². The topological polar surface area (TPSA) is 102 Å². The van der Waals surface area contributed by atoms with E-state index in [-0.39, 0.29) is 11.7 Å². The summed E-state index contributed by atoms with van der Waals surface area (Å²) in [6.45, 7) is 0. The van der Waals surface area contributed by atoms with Crippen LogP contribution in [0.5, 0.6) is 11.5 Å². The highest BCUT2D eigenvalue weighted by atomic mass is 32.2. The highest BCUT2D eigenvalue weighted by Crippen LogP contribution is 2.33. The van der Waals surface area contributed by atoms with E-state index < -0.39 is 0 Å². The van der Waals surface area contributed by atoms with E-state index in [1.54, 1.807) is 38.5 Å². The molecule has 1 N–H and O–H groups in total. The van der Waals surface area contributed by atoms with Gasteiger partial charge < -0.3 is 14.8 Å². The first-order chi connectivity index (χ1) is 16.6. The van der Waals surface area contributed by atoms with E-state index in [2.05, 4.69) is 21.6 Å². The van der Waals surface area contributed by atoms with Crippen LogP contribution in [0, 0.1) is 11.3 Å². The molecule has 0 radical (unpaired) electrons. The van der Waals surface area contributed by atoms with Gasteiger partial charge in [-0.05, 0) is 54.6 Å². The van der Waals surface area contributed by atoms with Crippen molar-refractivity contribution in [2.75, 3.05) is 25.3 Å². The standard InChI is InChI=1S/C25H21N5O3S/c1-32-20-12-10-19(11-13-20)30-24(21-8-3-4-9-22(21)33-2)28-29-25(30)34-16-23(31)27-18-7-5-6-17(14-18)15-26/h3-14H,16H2,1-2H3,(H,27,31). The number of carbonyl (C=O) groups excluding carboxylic acids is 1. The van der Waals surface area contributed by atoms with Gasteiger partial charge in [0.1, 0.15) is 11.5 Å². The third kappa shape index (κ3) is 5.03. The monoisotopic (exact) mass is 471 g/mol. The van der Waals surface area contributed by atoms with Crippen LogP contribution in [0.1, 0.15) is 5.56 Å². The van der Waals surface area contributed by atoms with E-state index in [9.17, 15) is 4.79 Å². The van der Waals surface area contributed by atoms with Crippen molar-refractivity contribution in [1.29, 1.82) is 5.26 Å². The van der Waals surface area contributed by atoms with Gasteiger partial charge in [-0.25, -0.2) is 0 Å². The van der Waals surface area contributed by atoms with Crippen molar-refractivity contribution in [2.45, 2.75) is 5.16 Å². The molecule has 0 aliphatic carbocycles. The van der Waals surface area contributed by atoms with Gasteiger partial charge in [-0.15, -0.1) is 10.2 Å². The molecule has 4 aromatic rings. The first-order valence-corrected chi connectivity index (χ1v) is 11.3. The molecule has 8 nitrogen and oxygen atoms in total. The molecule has 1 heterocycles. The zero-order valence-electron chi connectivity index (χ0n) is 18.6. The lowest BCUT2D eigenvalue weighted by Gasteiger charge is -2.13. The Bertz CT molecular complexity index is 1350. The van der Waals surface area contributed by atoms with Gasteiger partial charge in [0.05, 0.1) is 42.9 Å². The molecule has 1 amide bonds. The summed E-state index contributed by atoms with van der Waals surface area (Å²) in [4.78, 5) is 12.6. The van der Waals surface area contributed by atoms with Crippen molar-refractivity contribution >= 4 is 23.4 Å². The van der Waals surface area contributed by atoms with Crippen molar-refractivity contribution in [1.82, 2.24) is 14.8 Å². The summed E-state index contributed by atoms with van der Waals surface area (Å²) >= 11 is 1.26. The zero-order valence-corrected chi connectivity index (χ0v) is 19.4. The first-order valence-electron chi connectivity index (χ1n) is 10.3. The molecule has 0 saturated carbocycles. The minimum atomic E-state index is -0.219. The maximum absolute atomic E-state index is 12.6. The van der Waals surface area contributed by atoms with Crippen LogP contribution in [-0.2, 0) is 4.79 Å². The Labute approximate surface area is 201 Å². The Balaban J connectivity index is 1.63. The Kier molecular flexibility index (Phi) is 7.10. The first kappa shape index (κ1) is 22.9. The van der Waals surface area contributed by atoms with E-state index in [0.717, 1.165) is 17.0 Å². The normalized spacial score (nSPS) is 10.4. The number of nitriles is 1. The molecule has 0 aliphatic rings. The number of ether oxygens (including phenoxy) is 2. The molecule has 0 bridgehead atoms. The summed E-state index contributed by atoms with van der Waals surface area (Å²) in [7, 11) is 3.22. The van der Waals surface area contributed by atoms with Crippen molar-refractivity contribution in [2.24, 2.45) is 0 Å². The highest BCUT2D eigenvalue weighted by molar-refractivity contribution is 7.99. The molecule has 34 heavy (non-hydrogen) atoms. The molecule has 0 spiro atoms. The van der Waals surface area contributed by atoms with E-state index in [4.69, 9.17) is 14.7 Å². The molecule has 3 aromatic carbocycles. The van der Waals surface area contributed by atoms with Crippen LogP contribution in [-0.4, -0.2) is 40.6 Å². The number of hydrogen-bond donors (Lipinski definition) is 1. The van der Waals surface area contributed by atoms with Crippen molar-refractivity contribution < 1.29 is 14.3 Å². The molecule has 0 aliphatic heterocycles. The van der Waals surface area contributed by atoms with Gasteiger partial charge in [0.2, 0.25) is 5.91 Å². The van der Waals surface area contributed by atoms with Crippen molar-refractivity contribution in [3.8, 4) is 34.6 Å². The van der Waals surface area contributed by atoms with Gasteiger partial charge in [0.15, 0.2) is 11.0 Å². The van der Waals surface area contributed by atoms with E-state index >= 15 is 0 Å². The maximum atomic E-state index is 12.6. The van der Waals surface area contributed by atoms with Gasteiger partial charge in [-0.1, -0.05) is 30.0 Å². The molecule has 0 unspecified atom stereocenters. The lowest BCUT2D eigenvalue weighted by molar-refractivity contribution is -0.113. The number of thioether (sulfide) groups is 1. The summed E-state index contributed by atoms with van der Waals surface area (Å²) in [5, 5.41) is 21.2. The van der Waals surface area contributed by atoms with Gasteiger partial charge in [0.25, 0.3) is 0 Å². The van der Waals surface area contributed by atoms with Gasteiger partial charge in [-0.3, -0.25) is 9.36 Å². The van der Waals surface area contributed by atoms with Gasteiger partial charge in [-0.2, -0.15) is 5.26 Å². The molecule has 9 heteroatoms. The van der Waals surface area contributed by atoms with Crippen LogP contribution in [0.3, 0.4) is 0 Å². The largest absolute Gasteiger partial charge is 0.497 e. The summed E-state index contributed by atoms with van der Waals surface area (Å²) in [6, 6.07) is 23.9. The molecule has 4 rings (SSSR count). The van der Waals surface area contributed by atoms with Crippen LogP contribution >= 0.6 is 11.8 Å². The SMILES string of the molecule is COc1ccc(-n2c(SCC(=O)Nc3cccc(C#N)c3)nnc2-c2ccccc2OC)cc1. The number of rotatable bonds is 8. The lowest BCUT2D eigenvalue weighted by atomic mass is 10.2. The molecule has 170 valence electrons. The van der Waals surface area contributed by atoms with Crippen LogP contribution < -0.4 is 14.8 Å². The van der Waals surface area contributed by atoms with Gasteiger partial charge in [0, 0.05) is 5.69 Å². The number of methoxy groups -OCH3 is 2. The number of nitrogens with zero attached hydrogens (tertiary/aromatic N) is 4. The number of carbonyl (C=O) groups is 1. The average Bonchev–Trinajstić information content (AvgIpc) is 3.31. The van der Waals surface area contributed by atoms with Crippen LogP contribution in [0.25, 0.3) is 17.1 Å². The number of para-hydroxylation sites is 1. The molecule has 0 fully saturated rings. The average molecular weight is 472 g/mol. The number of benzene rings is 3. The van der Waals surface area contributed by atoms with Gasteiger partial charge >= 0.3 is 0 Å². The second-order valence-electron chi connectivity index (χ2n) is 7.07. The predicted octanol–water partition coefficient (Wildman–Crippen LogP) is 4.55. The number of aromatic nitrogens is 3. The number of amides is 1. The van der Waals surface area contributed by atoms with E-state index in [1.165, 1.54) is 11.8 Å². The number of nitrogens with one attached hydrogen (secondary N) is 1. The molecule has 0 saturated heterocycles. The summed E-state index contributed by atoms with van der Waals surface area (Å²) < 4.78 is 12.7. The summed E-state index contributed by atoms with van der Waals surface area (Å²) in [6.07, 6.45) is 0. The molecular formula is C25H21N5O3S. The third-order valence-corrected chi connectivity index (χ3v) is 5.85. The smallest absolute Gasteiger partial charge is 0.234 e. The molecular weight excluding hydrogens is 450 g/mol. The zero-order chi connectivity index (χ0) is 23.9. The fraction of sp³-hybridized carbons (Fsp3) is 0.120. The Hall–Kier alpha value is -4.29. The van der Waals surface area contributed by atoms with Crippen LogP contribution in [0.15, 0.2) is 78.0 Å². The quantitative estimate of drug-likeness (QED) is 0.376.